The third kappa shape index (κ3) is 46.1. The van der Waals surface area contributed by atoms with Crippen LogP contribution < -0.4 is 57.4 Å². The smallest absolute Gasteiger partial charge is 0.230 e. The maximum absolute atomic E-state index is 11.1. The van der Waals surface area contributed by atoms with Crippen molar-refractivity contribution in [3.05, 3.63) is 235 Å². The summed E-state index contributed by atoms with van der Waals surface area (Å²) < 4.78 is 123. The van der Waals surface area contributed by atoms with E-state index >= 15 is 0 Å². The van der Waals surface area contributed by atoms with Gasteiger partial charge in [-0.3, -0.25) is 9.59 Å². The number of aryl methyl sites for hydroxylation is 3. The van der Waals surface area contributed by atoms with E-state index in [1.54, 1.807) is 213 Å². The van der Waals surface area contributed by atoms with Crippen LogP contribution in [-0.4, -0.2) is 148 Å². The molecule has 136 heavy (non-hydrogen) atoms. The minimum absolute atomic E-state index is 0.205. The van der Waals surface area contributed by atoms with Gasteiger partial charge in [-0.25, -0.2) is 0 Å². The molecule has 740 valence electrons. The number of alkyl halides is 2. The molecule has 0 aliphatic carbocycles. The Bertz CT molecular complexity index is 5790. The van der Waals surface area contributed by atoms with Gasteiger partial charge in [-0.2, -0.15) is 0 Å². The number of ketones is 2. The quantitative estimate of drug-likeness (QED) is 0.0219. The average Bonchev–Trinajstić information content (AvgIpc) is 0.801. The highest BCUT2D eigenvalue weighted by atomic mass is 35.5. The molecule has 0 radical (unpaired) electrons. The first-order valence-electron chi connectivity index (χ1n) is 45.0. The molecular weight excluding hydrogens is 2160 g/mol. The second kappa shape index (κ2) is 74.2. The molecule has 1 atom stereocenters. The summed E-state index contributed by atoms with van der Waals surface area (Å²) in [6.07, 6.45) is 6.11. The van der Waals surface area contributed by atoms with Crippen molar-refractivity contribution < 1.29 is 74.0 Å². The van der Waals surface area contributed by atoms with Crippen LogP contribution in [0, 0.1) is 6.92 Å². The summed E-state index contributed by atoms with van der Waals surface area (Å²) in [4.78, 5) is 31.6. The number of Topliss-reactive ketones (excluding diaryl/α,β-unsaturated/α-hetero) is 2. The molecule has 0 fully saturated rings. The Balaban J connectivity index is 0.000000341. The maximum atomic E-state index is 11.1. The van der Waals surface area contributed by atoms with Gasteiger partial charge >= 0.3 is 0 Å². The lowest BCUT2D eigenvalue weighted by molar-refractivity contribution is -0.116. The molecule has 0 aliphatic heterocycles. The standard InChI is InChI=1S/C15H18OS2.C13H14OS2.C12H12OS2.C11H16OS3.C10H10Cl2O2S2.C10H15NOS3.C10H12O2S2.C9H12O2S3.C9H12O2S2/c1-4-11-6-7-12-13(10-11)14(16-3)8-9-15(12)18-17-5-2;1-9-4-5-10-11(8-9)13(16-15-3)7-6-12(10)14-2;1-13-11-7-8-12(15-14-2)10-6-4-3-5-9(10)11;1-4-9-8-10(12-3)6-7-11(9)14-15-13-5-2;1-7(13)10(11,12)16-15-9-5-3-8(14-2)4-6-9;1-4-13-15-14-10-6-5-8(12-3)7-9(10)11-2;1-8(11)7-13-14-10-5-3-9(12-2)4-6-10;1-10-7-4-5-9(13-14-12-3)8(6-7)11-2;1-10-7-4-5-9(13-12-3)8(6-7)11-2/h6-10H,4-5H2,1-3H3;4-8H,1-3H3;3-8H,1-2H3;6-8H,4-5H2,1-3H3;3-6H,1-2H3;5-7,11H,4H2,1-3H3;3-6H,7H2,1-2H3;4-6H,1-3H3;4-6H,1-3H3/i5+1D2;3+1DH2;;5D2;7+1,10+1;4+1DH;7+1,8+1;;/t;;;;;4-;;;/m.....1.../s1. The van der Waals surface area contributed by atoms with Crippen LogP contribution in [0.25, 0.3) is 32.3 Å². The van der Waals surface area contributed by atoms with Crippen LogP contribution in [0.5, 0.6) is 63.2 Å². The van der Waals surface area contributed by atoms with Crippen LogP contribution in [0.1, 0.15) is 77.5 Å². The van der Waals surface area contributed by atoms with Gasteiger partial charge in [-0.05, 0) is 299 Å². The molecular formula is C99H121Cl2NO13S21. The van der Waals surface area contributed by atoms with Gasteiger partial charge in [-0.15, -0.1) is 0 Å². The van der Waals surface area contributed by atoms with Gasteiger partial charge in [0.2, 0.25) is 3.67 Å². The highest BCUT2D eigenvalue weighted by Gasteiger charge is 2.31. The molecule has 0 saturated carbocycles. The Morgan fingerprint density at radius 1 is 0.382 bits per heavy atom. The second-order valence-electron chi connectivity index (χ2n) is 26.0. The second-order valence-corrected chi connectivity index (χ2v) is 53.5. The zero-order chi connectivity index (χ0) is 108. The molecule has 12 rings (SSSR count). The lowest BCUT2D eigenvalue weighted by atomic mass is 10.0. The lowest BCUT2D eigenvalue weighted by Gasteiger charge is -2.13. The van der Waals surface area contributed by atoms with E-state index in [4.69, 9.17) is 87.6 Å². The Labute approximate surface area is 913 Å². The summed E-state index contributed by atoms with van der Waals surface area (Å²) in [6.45, 7) is 13.9. The number of hydrogen-bond donors (Lipinski definition) is 1. The molecule has 12 aromatic rings. The Morgan fingerprint density at radius 3 is 1.29 bits per heavy atom. The SMILES string of the molecule is COc1ccc(SSC)c(OC)c1.COc1ccc(SSC)c2ccccc12.COc1ccc(SSSC)c(OC)c1.COc1ccc(SS[13CH2][13C](C)=O)cc1.COc1ccc(SS[13C](Cl)(Cl)[13C](C)=O)cc1.[1H][13C@@]([2H])(C)SSSc1ccc(OC)cc1NC.[1H][13C]([1H])([2H])SSc1ccc(OC)c2ccc(C)cc12.[2H]C([2H])(C)SSSc1ccc(OC)cc1CC.[2H][13C]([2H])(C)SSc1ccc(OC)c2cc(CC)ccc12. The molecule has 0 amide bonds. The Morgan fingerprint density at radius 2 is 0.809 bits per heavy atom. The molecule has 0 spiro atoms. The predicted octanol–water partition coefficient (Wildman–Crippen LogP) is 36.7. The van der Waals surface area contributed by atoms with E-state index in [1.165, 1.54) is 134 Å². The number of benzene rings is 12. The number of halogens is 2. The molecule has 12 aromatic carbocycles. The van der Waals surface area contributed by atoms with Crippen LogP contribution in [0.3, 0.4) is 0 Å². The summed E-state index contributed by atoms with van der Waals surface area (Å²) in [5.74, 6) is 9.76. The lowest BCUT2D eigenvalue weighted by Crippen LogP contribution is -2.16. The minimum atomic E-state index is -2.00. The van der Waals surface area contributed by atoms with E-state index in [-0.39, 0.29) is 11.6 Å². The number of rotatable bonds is 42. The summed E-state index contributed by atoms with van der Waals surface area (Å²) >= 11 is 11.6. The summed E-state index contributed by atoms with van der Waals surface area (Å²) in [7, 11) is 51.1. The van der Waals surface area contributed by atoms with Crippen molar-refractivity contribution in [1.29, 1.82) is 0 Å². The van der Waals surface area contributed by atoms with Crippen LogP contribution >= 0.6 is 247 Å². The maximum Gasteiger partial charge on any atom is 0.230 e. The van der Waals surface area contributed by atoms with Gasteiger partial charge in [-0.1, -0.05) is 269 Å². The predicted molar refractivity (Wildman–Crippen MR) is 635 cm³/mol. The highest BCUT2D eigenvalue weighted by molar-refractivity contribution is 9.10. The van der Waals surface area contributed by atoms with Gasteiger partial charge in [0, 0.05) is 111 Å². The van der Waals surface area contributed by atoms with Crippen LogP contribution in [0.2, 0.25) is 0 Å². The van der Waals surface area contributed by atoms with Crippen molar-refractivity contribution in [1.82, 2.24) is 0 Å². The fourth-order valence-corrected chi connectivity index (χ4v) is 29.8. The van der Waals surface area contributed by atoms with Crippen molar-refractivity contribution in [3.63, 3.8) is 0 Å². The molecule has 37 heteroatoms. The van der Waals surface area contributed by atoms with Gasteiger partial charge in [0.25, 0.3) is 0 Å². The minimum Gasteiger partial charge on any atom is -0.497 e. The van der Waals surface area contributed by atoms with Crippen molar-refractivity contribution in [2.75, 3.05) is 138 Å². The number of fused-ring (bicyclic) bond motifs is 3. The van der Waals surface area contributed by atoms with E-state index in [1.807, 2.05) is 196 Å². The fourth-order valence-electron chi connectivity index (χ4n) is 10.8. The van der Waals surface area contributed by atoms with Crippen molar-refractivity contribution in [2.24, 2.45) is 0 Å². The van der Waals surface area contributed by atoms with Crippen molar-refractivity contribution in [3.8, 4) is 63.2 Å². The number of ether oxygens (including phenoxy) is 11. The number of carbonyl (C=O) groups is 2. The van der Waals surface area contributed by atoms with Gasteiger partial charge < -0.3 is 57.4 Å². The van der Waals surface area contributed by atoms with E-state index < -0.39 is 27.0 Å². The number of hydrogen-bond acceptors (Lipinski definition) is 35. The number of nitrogens with one attached hydrogen (secondary N) is 1. The summed E-state index contributed by atoms with van der Waals surface area (Å²) in [6, 6.07) is 71.3. The van der Waals surface area contributed by atoms with Crippen molar-refractivity contribution in [2.45, 2.75) is 116 Å². The Kier molecular flexibility index (Phi) is 59.8. The fraction of sp³-hybridized carbons (Fsp3) is 0.313. The molecule has 0 saturated heterocycles. The van der Waals surface area contributed by atoms with E-state index in [2.05, 4.69) is 74.0 Å². The molecule has 0 heterocycles. The monoisotopic (exact) mass is 2290 g/mol. The van der Waals surface area contributed by atoms with Crippen LogP contribution in [-0.2, 0) is 22.4 Å². The highest BCUT2D eigenvalue weighted by Crippen LogP contribution is 2.50. The van der Waals surface area contributed by atoms with Gasteiger partial charge in [0.05, 0.1) is 99.4 Å². The first-order chi connectivity index (χ1) is 68.9. The molecule has 0 bridgehead atoms. The molecule has 0 unspecified atom stereocenters. The van der Waals surface area contributed by atoms with Crippen LogP contribution in [0.4, 0.5) is 5.69 Å². The number of carbonyl (C=O) groups excluding carboxylic acids is 2. The first kappa shape index (κ1) is 110. The molecule has 1 N–H and O–H groups in total. The number of anilines is 1. The van der Waals surface area contributed by atoms with E-state index in [9.17, 15) is 9.59 Å². The summed E-state index contributed by atoms with van der Waals surface area (Å²) in [5, 5.41) is 9.78. The largest absolute Gasteiger partial charge is 0.497 e. The van der Waals surface area contributed by atoms with Crippen molar-refractivity contribution >= 4 is 297 Å². The molecule has 0 aliphatic rings. The molecule has 0 aromatic heterocycles. The third-order valence-electron chi connectivity index (χ3n) is 17.4. The normalized spacial score (nSPS) is 12.1. The first-order valence-corrected chi connectivity index (χ1v) is 66.0. The van der Waals surface area contributed by atoms with E-state index in [0.29, 0.717) is 5.75 Å². The van der Waals surface area contributed by atoms with Gasteiger partial charge in [0.1, 0.15) is 69.0 Å². The number of methoxy groups -OCH3 is 11. The third-order valence-corrected chi connectivity index (χ3v) is 41.7. The zero-order valence-electron chi connectivity index (χ0n) is 88.5. The summed E-state index contributed by atoms with van der Waals surface area (Å²) in [5.41, 5.74) is 0.969. The zero-order valence-corrected chi connectivity index (χ0v) is 98.2. The molecule has 14 nitrogen and oxygen atoms in total. The van der Waals surface area contributed by atoms with Crippen LogP contribution in [0.15, 0.2) is 262 Å². The van der Waals surface area contributed by atoms with E-state index in [0.717, 1.165) is 165 Å². The topological polar surface area (TPSA) is 148 Å². The van der Waals surface area contributed by atoms with Gasteiger partial charge in [0.15, 0.2) is 5.78 Å². The Hall–Kier alpha value is -3.71. The average molecular weight is 2290 g/mol.